The maximum absolute atomic E-state index is 13.5. The Kier molecular flexibility index (Phi) is 7.44. The van der Waals surface area contributed by atoms with E-state index in [1.807, 2.05) is 30.3 Å². The number of benzene rings is 3. The van der Waals surface area contributed by atoms with Crippen molar-refractivity contribution in [3.63, 3.8) is 0 Å². The molecule has 1 unspecified atom stereocenters. The molecule has 1 N–H and O–H groups in total. The summed E-state index contributed by atoms with van der Waals surface area (Å²) >= 11 is 0. The number of hydrogen-bond donors (Lipinski definition) is 1. The molecular weight excluding hydrogens is 471 g/mol. The van der Waals surface area contributed by atoms with E-state index in [-0.39, 0.29) is 30.9 Å². The van der Waals surface area contributed by atoms with Crippen LogP contribution in [0, 0.1) is 5.82 Å². The van der Waals surface area contributed by atoms with Crippen molar-refractivity contribution in [2.75, 3.05) is 0 Å². The Morgan fingerprint density at radius 3 is 2.35 bits per heavy atom. The molecule has 0 aliphatic carbocycles. The standard InChI is InChI=1S/C29H21FN2O4.CH4/c30-22-13-11-20(12-14-22)27(33)25-26(32(29(35)28(25)34)18-19-6-5-15-31-17-19)21-7-4-10-24(16-21)36-23-8-2-1-3-9-23;/h1-17,26,33H,18H2;1H4. The molecule has 0 spiro atoms. The molecule has 1 amide bonds. The van der Waals surface area contributed by atoms with Crippen LogP contribution >= 0.6 is 0 Å². The smallest absolute Gasteiger partial charge is 0.295 e. The van der Waals surface area contributed by atoms with E-state index in [1.54, 1.807) is 48.8 Å². The van der Waals surface area contributed by atoms with Gasteiger partial charge in [-0.05, 0) is 65.7 Å². The minimum absolute atomic E-state index is 0. The summed E-state index contributed by atoms with van der Waals surface area (Å²) in [6.45, 7) is 0.104. The molecule has 37 heavy (non-hydrogen) atoms. The molecule has 186 valence electrons. The zero-order chi connectivity index (χ0) is 25.1. The molecule has 1 saturated heterocycles. The number of rotatable bonds is 6. The fraction of sp³-hybridized carbons (Fsp3) is 0.100. The van der Waals surface area contributed by atoms with E-state index in [4.69, 9.17) is 4.74 Å². The number of carbonyl (C=O) groups excluding carboxylic acids is 2. The van der Waals surface area contributed by atoms with Crippen LogP contribution in [0.2, 0.25) is 0 Å². The number of Topliss-reactive ketones (excluding diaryl/α,β-unsaturated/α-hetero) is 1. The van der Waals surface area contributed by atoms with Gasteiger partial charge in [-0.2, -0.15) is 0 Å². The molecule has 0 saturated carbocycles. The molecule has 0 bridgehead atoms. The van der Waals surface area contributed by atoms with Gasteiger partial charge < -0.3 is 14.7 Å². The Morgan fingerprint density at radius 1 is 0.919 bits per heavy atom. The predicted octanol–water partition coefficient (Wildman–Crippen LogP) is 6.27. The number of aliphatic hydroxyl groups excluding tert-OH is 1. The molecule has 1 aliphatic heterocycles. The lowest BCUT2D eigenvalue weighted by Crippen LogP contribution is -2.29. The summed E-state index contributed by atoms with van der Waals surface area (Å²) in [5.74, 6) is -1.29. The number of ketones is 1. The molecule has 5 rings (SSSR count). The maximum Gasteiger partial charge on any atom is 0.295 e. The number of nitrogens with zero attached hydrogens (tertiary/aromatic N) is 2. The third-order valence-corrected chi connectivity index (χ3v) is 5.89. The first-order chi connectivity index (χ1) is 17.5. The number of aliphatic hydroxyl groups is 1. The highest BCUT2D eigenvalue weighted by molar-refractivity contribution is 6.46. The van der Waals surface area contributed by atoms with Crippen LogP contribution in [-0.2, 0) is 16.1 Å². The van der Waals surface area contributed by atoms with Crippen LogP contribution in [0.4, 0.5) is 4.39 Å². The molecule has 1 atom stereocenters. The first-order valence-electron chi connectivity index (χ1n) is 11.3. The highest BCUT2D eigenvalue weighted by atomic mass is 19.1. The molecule has 1 aromatic heterocycles. The number of pyridine rings is 1. The van der Waals surface area contributed by atoms with Gasteiger partial charge in [0.15, 0.2) is 0 Å². The van der Waals surface area contributed by atoms with Crippen molar-refractivity contribution in [1.82, 2.24) is 9.88 Å². The lowest BCUT2D eigenvalue weighted by atomic mass is 9.95. The highest BCUT2D eigenvalue weighted by Crippen LogP contribution is 2.41. The fourth-order valence-electron chi connectivity index (χ4n) is 4.21. The quantitative estimate of drug-likeness (QED) is 0.193. The van der Waals surface area contributed by atoms with Crippen LogP contribution in [0.5, 0.6) is 11.5 Å². The molecule has 7 heteroatoms. The first kappa shape index (κ1) is 25.3. The second-order valence-corrected chi connectivity index (χ2v) is 8.28. The van der Waals surface area contributed by atoms with E-state index in [0.717, 1.165) is 5.56 Å². The monoisotopic (exact) mass is 496 g/mol. The van der Waals surface area contributed by atoms with Crippen LogP contribution in [0.15, 0.2) is 109 Å². The van der Waals surface area contributed by atoms with Crippen LogP contribution in [0.1, 0.15) is 30.2 Å². The normalized spacial score (nSPS) is 16.4. The van der Waals surface area contributed by atoms with Gasteiger partial charge in [-0.15, -0.1) is 0 Å². The number of amides is 1. The highest BCUT2D eigenvalue weighted by Gasteiger charge is 2.46. The number of hydrogen-bond acceptors (Lipinski definition) is 5. The summed E-state index contributed by atoms with van der Waals surface area (Å²) in [6.07, 6.45) is 3.24. The van der Waals surface area contributed by atoms with Crippen molar-refractivity contribution in [2.45, 2.75) is 20.0 Å². The van der Waals surface area contributed by atoms with Crippen LogP contribution in [0.3, 0.4) is 0 Å². The number of likely N-dealkylation sites (tertiary alicyclic amines) is 1. The van der Waals surface area contributed by atoms with Gasteiger partial charge in [0.2, 0.25) is 0 Å². The van der Waals surface area contributed by atoms with Crippen molar-refractivity contribution in [2.24, 2.45) is 0 Å². The lowest BCUT2D eigenvalue weighted by Gasteiger charge is -2.25. The van der Waals surface area contributed by atoms with Crippen molar-refractivity contribution in [1.29, 1.82) is 0 Å². The molecule has 3 aromatic carbocycles. The van der Waals surface area contributed by atoms with Crippen LogP contribution in [-0.4, -0.2) is 26.7 Å². The molecule has 0 radical (unpaired) electrons. The van der Waals surface area contributed by atoms with Crippen LogP contribution < -0.4 is 4.74 Å². The molecular formula is C30H25FN2O4. The molecule has 4 aromatic rings. The first-order valence-corrected chi connectivity index (χ1v) is 11.3. The van der Waals surface area contributed by atoms with E-state index in [1.165, 1.54) is 29.2 Å². The van der Waals surface area contributed by atoms with Gasteiger partial charge >= 0.3 is 0 Å². The Balaban J connectivity index is 0.00000320. The van der Waals surface area contributed by atoms with E-state index in [9.17, 15) is 19.1 Å². The van der Waals surface area contributed by atoms with Gasteiger partial charge in [0.05, 0.1) is 11.6 Å². The Bertz CT molecular complexity index is 1440. The second-order valence-electron chi connectivity index (χ2n) is 8.28. The predicted molar refractivity (Wildman–Crippen MR) is 138 cm³/mol. The van der Waals surface area contributed by atoms with Gasteiger partial charge in [0, 0.05) is 24.5 Å². The van der Waals surface area contributed by atoms with Crippen molar-refractivity contribution >= 4 is 17.4 Å². The lowest BCUT2D eigenvalue weighted by molar-refractivity contribution is -0.140. The average molecular weight is 497 g/mol. The zero-order valence-electron chi connectivity index (χ0n) is 19.0. The Hall–Kier alpha value is -4.78. The number of para-hydroxylation sites is 1. The minimum atomic E-state index is -0.894. The number of ether oxygens (including phenoxy) is 1. The minimum Gasteiger partial charge on any atom is -0.507 e. The summed E-state index contributed by atoms with van der Waals surface area (Å²) in [5.41, 5.74) is 1.46. The fourth-order valence-corrected chi connectivity index (χ4v) is 4.21. The Morgan fingerprint density at radius 2 is 1.65 bits per heavy atom. The summed E-state index contributed by atoms with van der Waals surface area (Å²) in [4.78, 5) is 31.9. The van der Waals surface area contributed by atoms with Crippen molar-refractivity contribution in [3.05, 3.63) is 131 Å². The SMILES string of the molecule is C.O=C1C(=O)N(Cc2cccnc2)C(c2cccc(Oc3ccccc3)c2)C1=C(O)c1ccc(F)cc1. The second kappa shape index (κ2) is 10.9. The van der Waals surface area contributed by atoms with Crippen molar-refractivity contribution < 1.29 is 23.8 Å². The molecule has 1 fully saturated rings. The van der Waals surface area contributed by atoms with Gasteiger partial charge in [0.1, 0.15) is 23.1 Å². The summed E-state index contributed by atoms with van der Waals surface area (Å²) < 4.78 is 19.4. The number of halogens is 1. The topological polar surface area (TPSA) is 79.7 Å². The van der Waals surface area contributed by atoms with Crippen LogP contribution in [0.25, 0.3) is 5.76 Å². The van der Waals surface area contributed by atoms with Gasteiger partial charge in [-0.3, -0.25) is 14.6 Å². The summed E-state index contributed by atoms with van der Waals surface area (Å²) in [7, 11) is 0. The number of aromatic nitrogens is 1. The van der Waals surface area contributed by atoms with Gasteiger partial charge in [0.25, 0.3) is 11.7 Å². The largest absolute Gasteiger partial charge is 0.507 e. The molecule has 2 heterocycles. The maximum atomic E-state index is 13.5. The summed E-state index contributed by atoms with van der Waals surface area (Å²) in [6, 6.07) is 24.0. The number of carbonyl (C=O) groups is 2. The van der Waals surface area contributed by atoms with E-state index < -0.39 is 23.5 Å². The molecule has 1 aliphatic rings. The van der Waals surface area contributed by atoms with E-state index in [0.29, 0.717) is 17.1 Å². The van der Waals surface area contributed by atoms with Gasteiger partial charge in [-0.1, -0.05) is 43.8 Å². The Labute approximate surface area is 214 Å². The third kappa shape index (κ3) is 5.26. The zero-order valence-corrected chi connectivity index (χ0v) is 19.0. The summed E-state index contributed by atoms with van der Waals surface area (Å²) in [5, 5.41) is 11.1. The molecule has 6 nitrogen and oxygen atoms in total. The third-order valence-electron chi connectivity index (χ3n) is 5.89. The van der Waals surface area contributed by atoms with E-state index in [2.05, 4.69) is 4.98 Å². The average Bonchev–Trinajstić information content (AvgIpc) is 3.15. The van der Waals surface area contributed by atoms with E-state index >= 15 is 0 Å². The van der Waals surface area contributed by atoms with Gasteiger partial charge in [-0.25, -0.2) is 4.39 Å². The van der Waals surface area contributed by atoms with Crippen molar-refractivity contribution in [3.8, 4) is 11.5 Å².